The van der Waals surface area contributed by atoms with Crippen LogP contribution < -0.4 is 9.47 Å². The number of piperazine rings is 1. The van der Waals surface area contributed by atoms with Gasteiger partial charge in [0.1, 0.15) is 5.82 Å². The molecule has 0 N–H and O–H groups in total. The number of ether oxygens (including phenoxy) is 2. The first-order valence-electron chi connectivity index (χ1n) is 8.90. The van der Waals surface area contributed by atoms with Gasteiger partial charge in [0, 0.05) is 31.7 Å². The highest BCUT2D eigenvalue weighted by Gasteiger charge is 2.31. The summed E-state index contributed by atoms with van der Waals surface area (Å²) in [4.78, 5) is 14.0. The molecule has 1 amide bonds. The van der Waals surface area contributed by atoms with Crippen molar-refractivity contribution in [2.24, 2.45) is 0 Å². The number of rotatable bonds is 6. The second-order valence-electron chi connectivity index (χ2n) is 6.40. The van der Waals surface area contributed by atoms with Gasteiger partial charge >= 0.3 is 6.61 Å². The molecule has 0 radical (unpaired) electrons. The van der Waals surface area contributed by atoms with Crippen molar-refractivity contribution in [1.82, 2.24) is 9.21 Å². The zero-order chi connectivity index (χ0) is 21.9. The molecular formula is C19H19F3N2O5S. The zero-order valence-corrected chi connectivity index (χ0v) is 16.7. The molecule has 1 aliphatic rings. The Morgan fingerprint density at radius 2 is 1.73 bits per heavy atom. The fraction of sp³-hybridized carbons (Fsp3) is 0.316. The second-order valence-corrected chi connectivity index (χ2v) is 8.34. The molecular weight excluding hydrogens is 425 g/mol. The Kier molecular flexibility index (Phi) is 6.52. The van der Waals surface area contributed by atoms with E-state index in [1.54, 1.807) is 0 Å². The predicted molar refractivity (Wildman–Crippen MR) is 101 cm³/mol. The van der Waals surface area contributed by atoms with Crippen molar-refractivity contribution in [3.63, 3.8) is 0 Å². The smallest absolute Gasteiger partial charge is 0.387 e. The minimum atomic E-state index is -3.88. The molecule has 162 valence electrons. The highest BCUT2D eigenvalue weighted by atomic mass is 32.2. The third-order valence-electron chi connectivity index (χ3n) is 4.59. The number of halogens is 3. The summed E-state index contributed by atoms with van der Waals surface area (Å²) in [5, 5.41) is 0. The van der Waals surface area contributed by atoms with E-state index in [-0.39, 0.29) is 48.1 Å². The summed E-state index contributed by atoms with van der Waals surface area (Å²) in [6.07, 6.45) is 0. The van der Waals surface area contributed by atoms with Crippen LogP contribution in [0.25, 0.3) is 0 Å². The first-order chi connectivity index (χ1) is 14.2. The molecule has 1 aliphatic heterocycles. The average molecular weight is 444 g/mol. The minimum absolute atomic E-state index is 0.0199. The molecule has 1 fully saturated rings. The highest BCUT2D eigenvalue weighted by Crippen LogP contribution is 2.30. The van der Waals surface area contributed by atoms with E-state index < -0.39 is 28.4 Å². The van der Waals surface area contributed by atoms with Gasteiger partial charge in [-0.3, -0.25) is 4.79 Å². The van der Waals surface area contributed by atoms with Crippen molar-refractivity contribution < 1.29 is 35.9 Å². The Morgan fingerprint density at radius 1 is 1.03 bits per heavy atom. The van der Waals surface area contributed by atoms with E-state index in [0.29, 0.717) is 0 Å². The molecule has 11 heteroatoms. The Bertz CT molecular complexity index is 1020. The van der Waals surface area contributed by atoms with Gasteiger partial charge in [0.15, 0.2) is 11.5 Å². The monoisotopic (exact) mass is 444 g/mol. The first-order valence-corrected chi connectivity index (χ1v) is 10.3. The third-order valence-corrected chi connectivity index (χ3v) is 6.48. The van der Waals surface area contributed by atoms with Crippen molar-refractivity contribution in [1.29, 1.82) is 0 Å². The first kappa shape index (κ1) is 21.9. The fourth-order valence-electron chi connectivity index (χ4n) is 3.08. The lowest BCUT2D eigenvalue weighted by Crippen LogP contribution is -2.50. The van der Waals surface area contributed by atoms with Gasteiger partial charge in [0.2, 0.25) is 10.0 Å². The Balaban J connectivity index is 1.70. The Labute approximate surface area is 171 Å². The number of carbonyl (C=O) groups is 1. The molecule has 3 rings (SSSR count). The number of amides is 1. The fourth-order valence-corrected chi connectivity index (χ4v) is 4.54. The average Bonchev–Trinajstić information content (AvgIpc) is 2.73. The molecule has 0 bridgehead atoms. The Morgan fingerprint density at radius 3 is 2.33 bits per heavy atom. The lowest BCUT2D eigenvalue weighted by atomic mass is 10.1. The van der Waals surface area contributed by atoms with Crippen LogP contribution in [0.2, 0.25) is 0 Å². The number of benzene rings is 2. The zero-order valence-electron chi connectivity index (χ0n) is 15.9. The number of hydrogen-bond donors (Lipinski definition) is 0. The second kappa shape index (κ2) is 8.92. The maximum absolute atomic E-state index is 13.4. The van der Waals surface area contributed by atoms with Crippen LogP contribution in [0, 0.1) is 5.82 Å². The van der Waals surface area contributed by atoms with Gasteiger partial charge in [-0.1, -0.05) is 6.07 Å². The highest BCUT2D eigenvalue weighted by molar-refractivity contribution is 7.89. The summed E-state index contributed by atoms with van der Waals surface area (Å²) >= 11 is 0. The lowest BCUT2D eigenvalue weighted by molar-refractivity contribution is -0.0512. The number of hydrogen-bond acceptors (Lipinski definition) is 5. The quantitative estimate of drug-likeness (QED) is 0.685. The van der Waals surface area contributed by atoms with Gasteiger partial charge in [-0.05, 0) is 36.4 Å². The van der Waals surface area contributed by atoms with Crippen LogP contribution in [-0.2, 0) is 10.0 Å². The molecule has 0 aliphatic carbocycles. The maximum atomic E-state index is 13.4. The van der Waals surface area contributed by atoms with Crippen molar-refractivity contribution in [2.75, 3.05) is 33.3 Å². The molecule has 0 spiro atoms. The number of nitrogens with zero attached hydrogens (tertiary/aromatic N) is 2. The maximum Gasteiger partial charge on any atom is 0.387 e. The molecule has 30 heavy (non-hydrogen) atoms. The summed E-state index contributed by atoms with van der Waals surface area (Å²) in [6, 6.07) is 8.56. The minimum Gasteiger partial charge on any atom is -0.493 e. The van der Waals surface area contributed by atoms with Crippen molar-refractivity contribution in [2.45, 2.75) is 11.5 Å². The van der Waals surface area contributed by atoms with Crippen LogP contribution >= 0.6 is 0 Å². The molecule has 2 aromatic rings. The topological polar surface area (TPSA) is 76.2 Å². The van der Waals surface area contributed by atoms with Crippen LogP contribution in [0.3, 0.4) is 0 Å². The summed E-state index contributed by atoms with van der Waals surface area (Å²) in [5.74, 6) is -1.28. The summed E-state index contributed by atoms with van der Waals surface area (Å²) in [5.41, 5.74) is 0.190. The van der Waals surface area contributed by atoms with Gasteiger partial charge in [-0.25, -0.2) is 12.8 Å². The van der Waals surface area contributed by atoms with E-state index in [9.17, 15) is 26.4 Å². The van der Waals surface area contributed by atoms with E-state index in [1.165, 1.54) is 46.6 Å². The van der Waals surface area contributed by atoms with Crippen LogP contribution in [0.1, 0.15) is 10.4 Å². The van der Waals surface area contributed by atoms with Gasteiger partial charge in [-0.2, -0.15) is 13.1 Å². The SMILES string of the molecule is COc1cc(C(=O)N2CCN(S(=O)(=O)c3cccc(F)c3)CC2)ccc1OC(F)F. The summed E-state index contributed by atoms with van der Waals surface area (Å²) in [7, 11) is -2.62. The standard InChI is InChI=1S/C19H19F3N2O5S/c1-28-17-11-13(5-6-16(17)29-19(21)22)18(25)23-7-9-24(10-8-23)30(26,27)15-4-2-3-14(20)12-15/h2-6,11-12,19H,7-10H2,1H3. The largest absolute Gasteiger partial charge is 0.493 e. The van der Waals surface area contributed by atoms with Gasteiger partial charge in [0.05, 0.1) is 12.0 Å². The van der Waals surface area contributed by atoms with Gasteiger partial charge < -0.3 is 14.4 Å². The molecule has 7 nitrogen and oxygen atoms in total. The lowest BCUT2D eigenvalue weighted by Gasteiger charge is -2.34. The van der Waals surface area contributed by atoms with Crippen molar-refractivity contribution >= 4 is 15.9 Å². The number of carbonyl (C=O) groups excluding carboxylic acids is 1. The molecule has 2 aromatic carbocycles. The molecule has 1 heterocycles. The molecule has 0 atom stereocenters. The van der Waals surface area contributed by atoms with E-state index in [4.69, 9.17) is 4.74 Å². The molecule has 0 unspecified atom stereocenters. The van der Waals surface area contributed by atoms with Crippen LogP contribution in [0.4, 0.5) is 13.2 Å². The van der Waals surface area contributed by atoms with E-state index >= 15 is 0 Å². The molecule has 1 saturated heterocycles. The van der Waals surface area contributed by atoms with Gasteiger partial charge in [-0.15, -0.1) is 0 Å². The van der Waals surface area contributed by atoms with Crippen molar-refractivity contribution in [3.8, 4) is 11.5 Å². The normalized spacial score (nSPS) is 15.3. The number of alkyl halides is 2. The van der Waals surface area contributed by atoms with E-state index in [1.807, 2.05) is 0 Å². The third kappa shape index (κ3) is 4.68. The number of sulfonamides is 1. The number of methoxy groups -OCH3 is 1. The summed E-state index contributed by atoms with van der Waals surface area (Å²) in [6.45, 7) is -2.73. The van der Waals surface area contributed by atoms with Crippen molar-refractivity contribution in [3.05, 3.63) is 53.8 Å². The van der Waals surface area contributed by atoms with Crippen LogP contribution in [-0.4, -0.2) is 63.4 Å². The predicted octanol–water partition coefficient (Wildman–Crippen LogP) is 2.58. The van der Waals surface area contributed by atoms with E-state index in [2.05, 4.69) is 4.74 Å². The summed E-state index contributed by atoms with van der Waals surface area (Å²) < 4.78 is 74.1. The van der Waals surface area contributed by atoms with Crippen LogP contribution in [0.15, 0.2) is 47.4 Å². The molecule has 0 aromatic heterocycles. The van der Waals surface area contributed by atoms with E-state index in [0.717, 1.165) is 12.1 Å². The Hall–Kier alpha value is -2.79. The molecule has 0 saturated carbocycles. The van der Waals surface area contributed by atoms with Gasteiger partial charge in [0.25, 0.3) is 5.91 Å². The van der Waals surface area contributed by atoms with Crippen LogP contribution in [0.5, 0.6) is 11.5 Å².